The van der Waals surface area contributed by atoms with Crippen LogP contribution in [-0.4, -0.2) is 22.9 Å². The van der Waals surface area contributed by atoms with Gasteiger partial charge in [0.25, 0.3) is 0 Å². The van der Waals surface area contributed by atoms with E-state index >= 15 is 0 Å². The molecule has 1 aromatic heterocycles. The van der Waals surface area contributed by atoms with Crippen molar-refractivity contribution in [3.63, 3.8) is 0 Å². The van der Waals surface area contributed by atoms with Gasteiger partial charge in [-0.2, -0.15) is 5.10 Å². The zero-order valence-corrected chi connectivity index (χ0v) is 11.8. The lowest BCUT2D eigenvalue weighted by Gasteiger charge is -2.11. The first kappa shape index (κ1) is 14.1. The standard InChI is InChI=1S/C14H19N5O/c1-10(15-2)11-4-6-12(7-5-11)16-14(20)17-13-8-9-19(3)18-13/h4-10,15H,1-3H3,(H2,16,17,18,20). The monoisotopic (exact) mass is 273 g/mol. The molecule has 0 saturated carbocycles. The summed E-state index contributed by atoms with van der Waals surface area (Å²) in [6.07, 6.45) is 1.77. The van der Waals surface area contributed by atoms with E-state index in [4.69, 9.17) is 0 Å². The number of carbonyl (C=O) groups excluding carboxylic acids is 1. The smallest absolute Gasteiger partial charge is 0.313 e. The fourth-order valence-electron chi connectivity index (χ4n) is 1.78. The molecule has 0 spiro atoms. The number of nitrogens with zero attached hydrogens (tertiary/aromatic N) is 2. The molecule has 0 aliphatic carbocycles. The Kier molecular flexibility index (Phi) is 4.37. The van der Waals surface area contributed by atoms with Crippen LogP contribution in [0, 0.1) is 0 Å². The van der Waals surface area contributed by atoms with Crippen molar-refractivity contribution in [2.45, 2.75) is 13.0 Å². The molecule has 0 fully saturated rings. The second-order valence-electron chi connectivity index (χ2n) is 4.59. The van der Waals surface area contributed by atoms with Gasteiger partial charge in [-0.3, -0.25) is 10.00 Å². The molecule has 0 radical (unpaired) electrons. The van der Waals surface area contributed by atoms with Gasteiger partial charge in [-0.05, 0) is 31.7 Å². The van der Waals surface area contributed by atoms with E-state index in [-0.39, 0.29) is 12.1 Å². The van der Waals surface area contributed by atoms with Crippen molar-refractivity contribution in [1.82, 2.24) is 15.1 Å². The summed E-state index contributed by atoms with van der Waals surface area (Å²) in [4.78, 5) is 11.8. The first-order valence-electron chi connectivity index (χ1n) is 6.43. The summed E-state index contributed by atoms with van der Waals surface area (Å²) < 4.78 is 1.63. The Bertz CT molecular complexity index is 576. The van der Waals surface area contributed by atoms with Crippen LogP contribution in [0.25, 0.3) is 0 Å². The molecule has 1 atom stereocenters. The third kappa shape index (κ3) is 3.58. The number of aromatic nitrogens is 2. The maximum absolute atomic E-state index is 11.8. The highest BCUT2D eigenvalue weighted by Gasteiger charge is 2.06. The molecule has 3 N–H and O–H groups in total. The van der Waals surface area contributed by atoms with Crippen molar-refractivity contribution >= 4 is 17.5 Å². The Morgan fingerprint density at radius 1 is 1.20 bits per heavy atom. The zero-order chi connectivity index (χ0) is 14.5. The minimum Gasteiger partial charge on any atom is -0.313 e. The zero-order valence-electron chi connectivity index (χ0n) is 11.8. The number of carbonyl (C=O) groups is 1. The van der Waals surface area contributed by atoms with Crippen LogP contribution >= 0.6 is 0 Å². The fraction of sp³-hybridized carbons (Fsp3) is 0.286. The molecular formula is C14H19N5O. The molecule has 2 rings (SSSR count). The van der Waals surface area contributed by atoms with E-state index in [0.29, 0.717) is 5.82 Å². The van der Waals surface area contributed by atoms with Crippen molar-refractivity contribution < 1.29 is 4.79 Å². The van der Waals surface area contributed by atoms with E-state index < -0.39 is 0 Å². The number of hydrogen-bond donors (Lipinski definition) is 3. The van der Waals surface area contributed by atoms with E-state index in [1.54, 1.807) is 24.0 Å². The number of anilines is 2. The van der Waals surface area contributed by atoms with Gasteiger partial charge in [-0.25, -0.2) is 4.79 Å². The van der Waals surface area contributed by atoms with Gasteiger partial charge in [0.1, 0.15) is 0 Å². The lowest BCUT2D eigenvalue weighted by Crippen LogP contribution is -2.20. The van der Waals surface area contributed by atoms with Crippen LogP contribution < -0.4 is 16.0 Å². The second-order valence-corrected chi connectivity index (χ2v) is 4.59. The van der Waals surface area contributed by atoms with Gasteiger partial charge >= 0.3 is 6.03 Å². The van der Waals surface area contributed by atoms with E-state index in [1.165, 1.54) is 5.56 Å². The summed E-state index contributed by atoms with van der Waals surface area (Å²) >= 11 is 0. The summed E-state index contributed by atoms with van der Waals surface area (Å²) in [7, 11) is 3.71. The van der Waals surface area contributed by atoms with Crippen LogP contribution in [0.4, 0.5) is 16.3 Å². The van der Waals surface area contributed by atoms with Crippen molar-refractivity contribution in [3.05, 3.63) is 42.1 Å². The molecule has 6 nitrogen and oxygen atoms in total. The Morgan fingerprint density at radius 2 is 1.90 bits per heavy atom. The van der Waals surface area contributed by atoms with Gasteiger partial charge in [0.2, 0.25) is 0 Å². The minimum absolute atomic E-state index is 0.284. The number of aryl methyl sites for hydroxylation is 1. The summed E-state index contributed by atoms with van der Waals surface area (Å²) in [5.41, 5.74) is 1.91. The summed E-state index contributed by atoms with van der Waals surface area (Å²) in [5, 5.41) is 12.7. The molecule has 20 heavy (non-hydrogen) atoms. The molecule has 0 saturated heterocycles. The van der Waals surface area contributed by atoms with Gasteiger partial charge in [-0.1, -0.05) is 12.1 Å². The Hall–Kier alpha value is -2.34. The highest BCUT2D eigenvalue weighted by Crippen LogP contribution is 2.15. The lowest BCUT2D eigenvalue weighted by molar-refractivity contribution is 0.262. The van der Waals surface area contributed by atoms with Crippen LogP contribution in [0.5, 0.6) is 0 Å². The summed E-state index contributed by atoms with van der Waals surface area (Å²) in [5.74, 6) is 0.519. The van der Waals surface area contributed by atoms with Crippen molar-refractivity contribution in [1.29, 1.82) is 0 Å². The van der Waals surface area contributed by atoms with Gasteiger partial charge in [0, 0.05) is 31.0 Å². The molecule has 2 aromatic rings. The normalized spacial score (nSPS) is 11.9. The van der Waals surface area contributed by atoms with Crippen LogP contribution in [0.3, 0.4) is 0 Å². The van der Waals surface area contributed by atoms with Crippen LogP contribution in [-0.2, 0) is 7.05 Å². The van der Waals surface area contributed by atoms with Crippen LogP contribution in [0.15, 0.2) is 36.5 Å². The molecule has 0 aliphatic rings. The molecule has 0 bridgehead atoms. The van der Waals surface area contributed by atoms with E-state index in [9.17, 15) is 4.79 Å². The topological polar surface area (TPSA) is 71.0 Å². The first-order valence-corrected chi connectivity index (χ1v) is 6.43. The maximum Gasteiger partial charge on any atom is 0.324 e. The third-order valence-corrected chi connectivity index (χ3v) is 3.06. The molecule has 6 heteroatoms. The second kappa shape index (κ2) is 6.21. The van der Waals surface area contributed by atoms with Gasteiger partial charge in [0.05, 0.1) is 0 Å². The lowest BCUT2D eigenvalue weighted by atomic mass is 10.1. The van der Waals surface area contributed by atoms with Crippen molar-refractivity contribution in [3.8, 4) is 0 Å². The van der Waals surface area contributed by atoms with Crippen molar-refractivity contribution in [2.75, 3.05) is 17.7 Å². The van der Waals surface area contributed by atoms with E-state index in [1.807, 2.05) is 31.3 Å². The quantitative estimate of drug-likeness (QED) is 0.800. The number of nitrogens with one attached hydrogen (secondary N) is 3. The highest BCUT2D eigenvalue weighted by molar-refractivity contribution is 5.99. The summed E-state index contributed by atoms with van der Waals surface area (Å²) in [6, 6.07) is 9.43. The van der Waals surface area contributed by atoms with Crippen LogP contribution in [0.1, 0.15) is 18.5 Å². The van der Waals surface area contributed by atoms with E-state index in [0.717, 1.165) is 5.69 Å². The minimum atomic E-state index is -0.307. The van der Waals surface area contributed by atoms with Gasteiger partial charge < -0.3 is 10.6 Å². The Labute approximate surface area is 118 Å². The molecule has 0 aliphatic heterocycles. The first-order chi connectivity index (χ1) is 9.58. The van der Waals surface area contributed by atoms with Crippen LogP contribution in [0.2, 0.25) is 0 Å². The predicted octanol–water partition coefficient (Wildman–Crippen LogP) is 2.34. The largest absolute Gasteiger partial charge is 0.324 e. The molecule has 1 heterocycles. The SMILES string of the molecule is CNC(C)c1ccc(NC(=O)Nc2ccn(C)n2)cc1. The Morgan fingerprint density at radius 3 is 2.45 bits per heavy atom. The Balaban J connectivity index is 1.94. The van der Waals surface area contributed by atoms with E-state index in [2.05, 4.69) is 28.0 Å². The average molecular weight is 273 g/mol. The van der Waals surface area contributed by atoms with Gasteiger partial charge in [-0.15, -0.1) is 0 Å². The summed E-state index contributed by atoms with van der Waals surface area (Å²) in [6.45, 7) is 2.08. The molecule has 2 amide bonds. The number of amides is 2. The average Bonchev–Trinajstić information content (AvgIpc) is 2.84. The molecule has 106 valence electrons. The van der Waals surface area contributed by atoms with Crippen molar-refractivity contribution in [2.24, 2.45) is 7.05 Å². The third-order valence-electron chi connectivity index (χ3n) is 3.06. The molecule has 1 aromatic carbocycles. The number of hydrogen-bond acceptors (Lipinski definition) is 3. The highest BCUT2D eigenvalue weighted by atomic mass is 16.2. The number of urea groups is 1. The predicted molar refractivity (Wildman–Crippen MR) is 79.8 cm³/mol. The maximum atomic E-state index is 11.8. The molecule has 1 unspecified atom stereocenters. The van der Waals surface area contributed by atoms with Gasteiger partial charge in [0.15, 0.2) is 5.82 Å². The number of benzene rings is 1. The number of rotatable bonds is 4. The fourth-order valence-corrected chi connectivity index (χ4v) is 1.78. The molecular weight excluding hydrogens is 254 g/mol.